The summed E-state index contributed by atoms with van der Waals surface area (Å²) in [4.78, 5) is 0. The molecule has 2 heteroatoms. The highest BCUT2D eigenvalue weighted by atomic mass is 16.5. The lowest BCUT2D eigenvalue weighted by molar-refractivity contribution is 0.306. The van der Waals surface area contributed by atoms with Gasteiger partial charge in [0.1, 0.15) is 12.4 Å². The zero-order valence-electron chi connectivity index (χ0n) is 11.2. The summed E-state index contributed by atoms with van der Waals surface area (Å²) in [7, 11) is 2.00. The van der Waals surface area contributed by atoms with Crippen LogP contribution in [0.3, 0.4) is 0 Å². The summed E-state index contributed by atoms with van der Waals surface area (Å²) >= 11 is 0. The molecule has 1 aliphatic heterocycles. The molecule has 0 fully saturated rings. The highest BCUT2D eigenvalue weighted by Crippen LogP contribution is 2.38. The lowest BCUT2D eigenvalue weighted by Gasteiger charge is -2.18. The van der Waals surface area contributed by atoms with Crippen LogP contribution in [0.4, 0.5) is 0 Å². The maximum absolute atomic E-state index is 5.96. The topological polar surface area (TPSA) is 21.3 Å². The van der Waals surface area contributed by atoms with E-state index in [1.54, 1.807) is 0 Å². The van der Waals surface area contributed by atoms with Gasteiger partial charge in [-0.05, 0) is 37.2 Å². The molecule has 19 heavy (non-hydrogen) atoms. The minimum Gasteiger partial charge on any atom is -0.489 e. The van der Waals surface area contributed by atoms with E-state index >= 15 is 0 Å². The van der Waals surface area contributed by atoms with Crippen LogP contribution in [0.15, 0.2) is 48.5 Å². The highest BCUT2D eigenvalue weighted by molar-refractivity contribution is 5.46. The minimum atomic E-state index is 0.419. The second-order valence-electron chi connectivity index (χ2n) is 4.97. The van der Waals surface area contributed by atoms with Crippen molar-refractivity contribution in [3.8, 4) is 5.75 Å². The molecule has 0 bridgehead atoms. The zero-order chi connectivity index (χ0) is 13.1. The maximum atomic E-state index is 5.96. The van der Waals surface area contributed by atoms with Gasteiger partial charge in [-0.3, -0.25) is 0 Å². The Morgan fingerprint density at radius 1 is 1.05 bits per heavy atom. The predicted molar refractivity (Wildman–Crippen MR) is 77.6 cm³/mol. The number of hydrogen-bond acceptors (Lipinski definition) is 2. The van der Waals surface area contributed by atoms with Gasteiger partial charge in [-0.1, -0.05) is 42.5 Å². The van der Waals surface area contributed by atoms with E-state index in [0.29, 0.717) is 12.5 Å². The van der Waals surface area contributed by atoms with Crippen LogP contribution < -0.4 is 10.1 Å². The van der Waals surface area contributed by atoms with Crippen LogP contribution in [-0.4, -0.2) is 13.6 Å². The number of hydrogen-bond donors (Lipinski definition) is 1. The fourth-order valence-corrected chi connectivity index (χ4v) is 2.83. The standard InChI is InChI=1S/C17H19NO/c1-18-11-10-15-14-7-3-2-6-13(14)12-19-17-9-5-4-8-16(15)17/h2-9,15,18H,10-12H2,1H3. The van der Waals surface area contributed by atoms with Gasteiger partial charge in [0, 0.05) is 11.5 Å². The first-order chi connectivity index (χ1) is 9.40. The fraction of sp³-hybridized carbons (Fsp3) is 0.294. The quantitative estimate of drug-likeness (QED) is 0.906. The molecule has 0 spiro atoms. The van der Waals surface area contributed by atoms with Crippen LogP contribution in [0, 0.1) is 0 Å². The summed E-state index contributed by atoms with van der Waals surface area (Å²) < 4.78 is 5.96. The molecule has 1 heterocycles. The van der Waals surface area contributed by atoms with Gasteiger partial charge in [0.25, 0.3) is 0 Å². The van der Waals surface area contributed by atoms with Crippen molar-refractivity contribution in [2.24, 2.45) is 0 Å². The molecule has 2 aromatic rings. The Kier molecular flexibility index (Phi) is 3.51. The van der Waals surface area contributed by atoms with Crippen molar-refractivity contribution in [3.63, 3.8) is 0 Å². The lowest BCUT2D eigenvalue weighted by Crippen LogP contribution is -2.13. The lowest BCUT2D eigenvalue weighted by atomic mass is 9.86. The molecular weight excluding hydrogens is 234 g/mol. The highest BCUT2D eigenvalue weighted by Gasteiger charge is 2.23. The third kappa shape index (κ3) is 2.36. The second kappa shape index (κ2) is 5.45. The third-order valence-electron chi connectivity index (χ3n) is 3.79. The smallest absolute Gasteiger partial charge is 0.123 e. The summed E-state index contributed by atoms with van der Waals surface area (Å²) in [5, 5.41) is 3.26. The van der Waals surface area contributed by atoms with Gasteiger partial charge in [0.2, 0.25) is 0 Å². The van der Waals surface area contributed by atoms with Crippen molar-refractivity contribution in [3.05, 3.63) is 65.2 Å². The van der Waals surface area contributed by atoms with Crippen molar-refractivity contribution < 1.29 is 4.74 Å². The van der Waals surface area contributed by atoms with Crippen LogP contribution in [0.25, 0.3) is 0 Å². The van der Waals surface area contributed by atoms with E-state index in [4.69, 9.17) is 4.74 Å². The molecule has 1 atom stereocenters. The molecule has 98 valence electrons. The first-order valence-electron chi connectivity index (χ1n) is 6.84. The molecule has 0 amide bonds. The van der Waals surface area contributed by atoms with Crippen molar-refractivity contribution >= 4 is 0 Å². The van der Waals surface area contributed by atoms with Gasteiger partial charge < -0.3 is 10.1 Å². The molecule has 1 unspecified atom stereocenters. The van der Waals surface area contributed by atoms with E-state index in [9.17, 15) is 0 Å². The Labute approximate surface area is 114 Å². The Balaban J connectivity index is 2.08. The van der Waals surface area contributed by atoms with E-state index in [-0.39, 0.29) is 0 Å². The molecule has 0 aliphatic carbocycles. The van der Waals surface area contributed by atoms with Gasteiger partial charge in [0.05, 0.1) is 0 Å². The summed E-state index contributed by atoms with van der Waals surface area (Å²) in [5.41, 5.74) is 4.02. The Bertz CT molecular complexity index is 517. The van der Waals surface area contributed by atoms with Gasteiger partial charge in [0.15, 0.2) is 0 Å². The van der Waals surface area contributed by atoms with Gasteiger partial charge in [-0.25, -0.2) is 0 Å². The minimum absolute atomic E-state index is 0.419. The van der Waals surface area contributed by atoms with Gasteiger partial charge >= 0.3 is 0 Å². The average molecular weight is 253 g/mol. The largest absolute Gasteiger partial charge is 0.489 e. The summed E-state index contributed by atoms with van der Waals surface area (Å²) in [5.74, 6) is 1.45. The SMILES string of the molecule is CNCCC1c2ccccc2COc2ccccc21. The van der Waals surface area contributed by atoms with Crippen LogP contribution in [0.2, 0.25) is 0 Å². The molecule has 1 N–H and O–H groups in total. The molecule has 0 saturated carbocycles. The first kappa shape index (κ1) is 12.2. The third-order valence-corrected chi connectivity index (χ3v) is 3.79. The van der Waals surface area contributed by atoms with E-state index < -0.39 is 0 Å². The van der Waals surface area contributed by atoms with E-state index in [2.05, 4.69) is 47.8 Å². The zero-order valence-corrected chi connectivity index (χ0v) is 11.2. The first-order valence-corrected chi connectivity index (χ1v) is 6.84. The summed E-state index contributed by atoms with van der Waals surface area (Å²) in [6.45, 7) is 1.68. The van der Waals surface area contributed by atoms with Crippen LogP contribution >= 0.6 is 0 Å². The Morgan fingerprint density at radius 2 is 1.79 bits per heavy atom. The number of ether oxygens (including phenoxy) is 1. The van der Waals surface area contributed by atoms with Gasteiger partial charge in [-0.2, -0.15) is 0 Å². The van der Waals surface area contributed by atoms with Gasteiger partial charge in [-0.15, -0.1) is 0 Å². The van der Waals surface area contributed by atoms with Crippen LogP contribution in [0.1, 0.15) is 29.0 Å². The normalized spacial score (nSPS) is 17.0. The van der Waals surface area contributed by atoms with Crippen molar-refractivity contribution in [2.75, 3.05) is 13.6 Å². The molecule has 1 aliphatic rings. The average Bonchev–Trinajstić information content (AvgIpc) is 2.62. The molecule has 0 radical (unpaired) electrons. The molecule has 2 nitrogen and oxygen atoms in total. The molecule has 3 rings (SSSR count). The number of nitrogens with one attached hydrogen (secondary N) is 1. The van der Waals surface area contributed by atoms with Crippen molar-refractivity contribution in [2.45, 2.75) is 18.9 Å². The monoisotopic (exact) mass is 253 g/mol. The summed E-state index contributed by atoms with van der Waals surface area (Å²) in [6.07, 6.45) is 1.09. The molecule has 0 aromatic heterocycles. The van der Waals surface area contributed by atoms with Crippen molar-refractivity contribution in [1.82, 2.24) is 5.32 Å². The fourth-order valence-electron chi connectivity index (χ4n) is 2.83. The molecular formula is C17H19NO. The Hall–Kier alpha value is -1.80. The second-order valence-corrected chi connectivity index (χ2v) is 4.97. The number of benzene rings is 2. The molecule has 0 saturated heterocycles. The van der Waals surface area contributed by atoms with E-state index in [0.717, 1.165) is 18.7 Å². The van der Waals surface area contributed by atoms with Crippen LogP contribution in [-0.2, 0) is 6.61 Å². The number of fused-ring (bicyclic) bond motifs is 2. The maximum Gasteiger partial charge on any atom is 0.123 e. The van der Waals surface area contributed by atoms with Crippen molar-refractivity contribution in [1.29, 1.82) is 0 Å². The predicted octanol–water partition coefficient (Wildman–Crippen LogP) is 3.32. The number of rotatable bonds is 3. The van der Waals surface area contributed by atoms with Crippen LogP contribution in [0.5, 0.6) is 5.75 Å². The van der Waals surface area contributed by atoms with E-state index in [1.807, 2.05) is 13.1 Å². The Morgan fingerprint density at radius 3 is 2.63 bits per heavy atom. The van der Waals surface area contributed by atoms with E-state index in [1.165, 1.54) is 16.7 Å². The summed E-state index contributed by atoms with van der Waals surface area (Å²) in [6, 6.07) is 17.0. The molecule has 2 aromatic carbocycles. The number of para-hydroxylation sites is 1.